The molecule has 0 bridgehead atoms. The normalized spacial score (nSPS) is 10.4. The first kappa shape index (κ1) is 16.7. The number of carbonyl (C=O) groups is 1. The van der Waals surface area contributed by atoms with Crippen molar-refractivity contribution >= 4 is 5.91 Å². The van der Waals surface area contributed by atoms with Crippen LogP contribution in [0, 0.1) is 6.92 Å². The summed E-state index contributed by atoms with van der Waals surface area (Å²) in [5.74, 6) is -0.295. The molecule has 2 aromatic rings. The van der Waals surface area contributed by atoms with E-state index in [0.717, 1.165) is 5.56 Å². The van der Waals surface area contributed by atoms with Crippen molar-refractivity contribution in [3.8, 4) is 11.4 Å². The van der Waals surface area contributed by atoms with E-state index in [2.05, 4.69) is 10.4 Å². The van der Waals surface area contributed by atoms with Gasteiger partial charge in [0.2, 0.25) is 0 Å². The van der Waals surface area contributed by atoms with Crippen molar-refractivity contribution in [1.82, 2.24) is 15.1 Å². The van der Waals surface area contributed by atoms with Gasteiger partial charge in [-0.25, -0.2) is 0 Å². The highest BCUT2D eigenvalue weighted by Gasteiger charge is 2.18. The Balaban J connectivity index is 2.46. The van der Waals surface area contributed by atoms with Crippen LogP contribution in [0.4, 0.5) is 0 Å². The smallest absolute Gasteiger partial charge is 0.275 e. The molecular weight excluding hydrogens is 298 g/mol. The Morgan fingerprint density at radius 2 is 2.04 bits per heavy atom. The Bertz CT molecular complexity index is 755. The average Bonchev–Trinajstić information content (AvgIpc) is 2.55. The first-order chi connectivity index (χ1) is 11.1. The fraction of sp³-hybridized carbons (Fsp3) is 0.312. The SMILES string of the molecule is COCCNC(=O)c1nn(-c2ccccc2C)c(=O)cc1OC. The standard InChI is InChI=1S/C16H19N3O4/c1-11-6-4-5-7-12(11)19-14(20)10-13(23-3)15(18-19)16(21)17-8-9-22-2/h4-7,10H,8-9H2,1-3H3,(H,17,21). The van der Waals surface area contributed by atoms with Gasteiger partial charge in [-0.05, 0) is 18.6 Å². The van der Waals surface area contributed by atoms with Crippen molar-refractivity contribution in [2.75, 3.05) is 27.4 Å². The van der Waals surface area contributed by atoms with Crippen LogP contribution < -0.4 is 15.6 Å². The second kappa shape index (κ2) is 7.55. The fourth-order valence-electron chi connectivity index (χ4n) is 2.08. The van der Waals surface area contributed by atoms with Crippen molar-refractivity contribution in [3.05, 3.63) is 51.9 Å². The third-order valence-corrected chi connectivity index (χ3v) is 3.27. The van der Waals surface area contributed by atoms with E-state index in [1.165, 1.54) is 17.9 Å². The van der Waals surface area contributed by atoms with Crippen LogP contribution in [0.3, 0.4) is 0 Å². The molecule has 0 unspecified atom stereocenters. The largest absolute Gasteiger partial charge is 0.494 e. The molecule has 1 aromatic heterocycles. The summed E-state index contributed by atoms with van der Waals surface area (Å²) in [6, 6.07) is 8.56. The number of para-hydroxylation sites is 1. The molecule has 1 amide bonds. The van der Waals surface area contributed by atoms with E-state index in [4.69, 9.17) is 9.47 Å². The van der Waals surface area contributed by atoms with Crippen molar-refractivity contribution in [1.29, 1.82) is 0 Å². The molecule has 0 aliphatic heterocycles. The number of aryl methyl sites for hydroxylation is 1. The van der Waals surface area contributed by atoms with Gasteiger partial charge in [0.25, 0.3) is 11.5 Å². The molecule has 7 heteroatoms. The Morgan fingerprint density at radius 1 is 1.30 bits per heavy atom. The number of hydrogen-bond acceptors (Lipinski definition) is 5. The summed E-state index contributed by atoms with van der Waals surface area (Å²) >= 11 is 0. The quantitative estimate of drug-likeness (QED) is 0.801. The van der Waals surface area contributed by atoms with E-state index < -0.39 is 5.91 Å². The molecule has 0 fully saturated rings. The van der Waals surface area contributed by atoms with Gasteiger partial charge in [-0.1, -0.05) is 18.2 Å². The van der Waals surface area contributed by atoms with E-state index >= 15 is 0 Å². The van der Waals surface area contributed by atoms with Gasteiger partial charge >= 0.3 is 0 Å². The molecule has 2 rings (SSSR count). The van der Waals surface area contributed by atoms with Gasteiger partial charge in [0, 0.05) is 13.7 Å². The van der Waals surface area contributed by atoms with Crippen LogP contribution in [0.2, 0.25) is 0 Å². The van der Waals surface area contributed by atoms with Gasteiger partial charge < -0.3 is 14.8 Å². The molecule has 122 valence electrons. The van der Waals surface area contributed by atoms with Gasteiger partial charge in [0.1, 0.15) is 0 Å². The van der Waals surface area contributed by atoms with Crippen LogP contribution >= 0.6 is 0 Å². The molecule has 1 N–H and O–H groups in total. The summed E-state index contributed by atoms with van der Waals surface area (Å²) in [5, 5.41) is 6.84. The zero-order valence-corrected chi connectivity index (χ0v) is 13.3. The van der Waals surface area contributed by atoms with Gasteiger partial charge in [-0.2, -0.15) is 9.78 Å². The molecule has 0 radical (unpaired) electrons. The van der Waals surface area contributed by atoms with Crippen molar-refractivity contribution in [3.63, 3.8) is 0 Å². The van der Waals surface area contributed by atoms with Crippen LogP contribution in [-0.4, -0.2) is 43.1 Å². The molecule has 1 aromatic carbocycles. The Labute approximate surface area is 133 Å². The molecule has 0 aliphatic rings. The molecule has 23 heavy (non-hydrogen) atoms. The Hall–Kier alpha value is -2.67. The second-order valence-corrected chi connectivity index (χ2v) is 4.85. The van der Waals surface area contributed by atoms with Crippen molar-refractivity contribution in [2.45, 2.75) is 6.92 Å². The minimum Gasteiger partial charge on any atom is -0.494 e. The van der Waals surface area contributed by atoms with E-state index in [0.29, 0.717) is 18.8 Å². The van der Waals surface area contributed by atoms with Crippen LogP contribution in [-0.2, 0) is 4.74 Å². The Kier molecular flexibility index (Phi) is 5.48. The summed E-state index contributed by atoms with van der Waals surface area (Å²) in [5.41, 5.74) is 1.17. The maximum atomic E-state index is 12.3. The lowest BCUT2D eigenvalue weighted by atomic mass is 10.2. The highest BCUT2D eigenvalue weighted by Crippen LogP contribution is 2.15. The minimum atomic E-state index is -0.429. The lowest BCUT2D eigenvalue weighted by Crippen LogP contribution is -2.31. The molecule has 0 saturated carbocycles. The van der Waals surface area contributed by atoms with E-state index in [1.54, 1.807) is 19.2 Å². The molecule has 0 saturated heterocycles. The number of aromatic nitrogens is 2. The lowest BCUT2D eigenvalue weighted by Gasteiger charge is -2.12. The minimum absolute atomic E-state index is 0.0476. The fourth-order valence-corrected chi connectivity index (χ4v) is 2.08. The van der Waals surface area contributed by atoms with Gasteiger partial charge in [0.05, 0.1) is 25.5 Å². The van der Waals surface area contributed by atoms with E-state index in [1.807, 2.05) is 19.1 Å². The highest BCUT2D eigenvalue weighted by atomic mass is 16.5. The number of hydrogen-bond donors (Lipinski definition) is 1. The number of ether oxygens (including phenoxy) is 2. The van der Waals surface area contributed by atoms with E-state index in [-0.39, 0.29) is 17.0 Å². The number of benzene rings is 1. The number of nitrogens with one attached hydrogen (secondary N) is 1. The molecule has 0 spiro atoms. The zero-order chi connectivity index (χ0) is 16.8. The zero-order valence-electron chi connectivity index (χ0n) is 13.3. The summed E-state index contributed by atoms with van der Waals surface area (Å²) in [4.78, 5) is 24.5. The van der Waals surface area contributed by atoms with Crippen molar-refractivity contribution in [2.24, 2.45) is 0 Å². The maximum Gasteiger partial charge on any atom is 0.275 e. The molecule has 0 atom stereocenters. The molecular formula is C16H19N3O4. The Morgan fingerprint density at radius 3 is 2.70 bits per heavy atom. The predicted molar refractivity (Wildman–Crippen MR) is 85.3 cm³/mol. The van der Waals surface area contributed by atoms with Crippen LogP contribution in [0.1, 0.15) is 16.1 Å². The number of rotatable bonds is 6. The van der Waals surface area contributed by atoms with Crippen LogP contribution in [0.15, 0.2) is 35.1 Å². The maximum absolute atomic E-state index is 12.3. The first-order valence-corrected chi connectivity index (χ1v) is 7.10. The van der Waals surface area contributed by atoms with Crippen molar-refractivity contribution < 1.29 is 14.3 Å². The van der Waals surface area contributed by atoms with Crippen LogP contribution in [0.5, 0.6) is 5.75 Å². The third kappa shape index (κ3) is 3.75. The van der Waals surface area contributed by atoms with E-state index in [9.17, 15) is 9.59 Å². The summed E-state index contributed by atoms with van der Waals surface area (Å²) in [6.07, 6.45) is 0. The highest BCUT2D eigenvalue weighted by molar-refractivity contribution is 5.94. The predicted octanol–water partition coefficient (Wildman–Crippen LogP) is 0.926. The lowest BCUT2D eigenvalue weighted by molar-refractivity contribution is 0.0926. The third-order valence-electron chi connectivity index (χ3n) is 3.27. The second-order valence-electron chi connectivity index (χ2n) is 4.85. The molecule has 7 nitrogen and oxygen atoms in total. The number of methoxy groups -OCH3 is 2. The number of nitrogens with zero attached hydrogens (tertiary/aromatic N) is 2. The summed E-state index contributed by atoms with van der Waals surface area (Å²) in [6.45, 7) is 2.58. The molecule has 0 aliphatic carbocycles. The van der Waals surface area contributed by atoms with Gasteiger partial charge in [-0.15, -0.1) is 0 Å². The summed E-state index contributed by atoms with van der Waals surface area (Å²) < 4.78 is 11.2. The number of amides is 1. The van der Waals surface area contributed by atoms with Gasteiger partial charge in [0.15, 0.2) is 11.4 Å². The van der Waals surface area contributed by atoms with Crippen LogP contribution in [0.25, 0.3) is 5.69 Å². The monoisotopic (exact) mass is 317 g/mol. The number of carbonyl (C=O) groups excluding carboxylic acids is 1. The average molecular weight is 317 g/mol. The van der Waals surface area contributed by atoms with Gasteiger partial charge in [-0.3, -0.25) is 9.59 Å². The first-order valence-electron chi connectivity index (χ1n) is 7.10. The topological polar surface area (TPSA) is 82.5 Å². The molecule has 1 heterocycles. The summed E-state index contributed by atoms with van der Waals surface area (Å²) in [7, 11) is 2.93.